The Morgan fingerprint density at radius 3 is 2.30 bits per heavy atom. The Bertz CT molecular complexity index is 1190. The molecule has 168 valence electrons. The number of rotatable bonds is 4. The lowest BCUT2D eigenvalue weighted by molar-refractivity contribution is 0.101. The smallest absolute Gasteiger partial charge is 0.232 e. The zero-order valence-electron chi connectivity index (χ0n) is 19.0. The molecule has 2 aliphatic heterocycles. The molecule has 5 rings (SSSR count). The minimum Gasteiger partial charge on any atom is -0.507 e. The fraction of sp³-hybridized carbons (Fsp3) is 0.276. The van der Waals surface area contributed by atoms with Crippen LogP contribution >= 0.6 is 0 Å². The van der Waals surface area contributed by atoms with Crippen LogP contribution in [0.15, 0.2) is 66.4 Å². The molecule has 1 N–H and O–H groups in total. The molecule has 3 aromatic rings. The predicted molar refractivity (Wildman–Crippen MR) is 131 cm³/mol. The molecule has 4 nitrogen and oxygen atoms in total. The molecule has 0 aliphatic carbocycles. The number of aromatic hydroxyl groups is 1. The van der Waals surface area contributed by atoms with Gasteiger partial charge in [0.05, 0.1) is 11.1 Å². The van der Waals surface area contributed by atoms with Crippen LogP contribution in [0.5, 0.6) is 11.5 Å². The van der Waals surface area contributed by atoms with Gasteiger partial charge in [0.1, 0.15) is 11.5 Å². The first-order valence-electron chi connectivity index (χ1n) is 11.8. The van der Waals surface area contributed by atoms with E-state index < -0.39 is 0 Å². The molecule has 0 aromatic heterocycles. The Balaban J connectivity index is 1.43. The number of carbonyl (C=O) groups is 1. The number of hydrogen-bond donors (Lipinski definition) is 1. The average Bonchev–Trinajstić information content (AvgIpc) is 2.99. The van der Waals surface area contributed by atoms with Crippen LogP contribution in [0.4, 0.5) is 0 Å². The van der Waals surface area contributed by atoms with Crippen molar-refractivity contribution >= 4 is 11.9 Å². The van der Waals surface area contributed by atoms with Crippen molar-refractivity contribution in [2.75, 3.05) is 13.1 Å². The number of benzene rings is 3. The summed E-state index contributed by atoms with van der Waals surface area (Å²) in [5, 5.41) is 10.7. The Hall–Kier alpha value is -3.37. The van der Waals surface area contributed by atoms with Crippen molar-refractivity contribution in [3.63, 3.8) is 0 Å². The van der Waals surface area contributed by atoms with Crippen molar-refractivity contribution in [1.82, 2.24) is 4.90 Å². The molecule has 0 radical (unpaired) electrons. The minimum absolute atomic E-state index is 0.119. The maximum atomic E-state index is 13.2. The summed E-state index contributed by atoms with van der Waals surface area (Å²) in [6, 6.07) is 20.0. The fourth-order valence-electron chi connectivity index (χ4n) is 4.80. The second-order valence-electron chi connectivity index (χ2n) is 9.01. The number of phenols is 1. The highest BCUT2D eigenvalue weighted by molar-refractivity contribution is 6.15. The molecule has 0 spiro atoms. The van der Waals surface area contributed by atoms with E-state index in [2.05, 4.69) is 29.2 Å². The number of nitrogens with zero attached hydrogens (tertiary/aromatic N) is 1. The normalized spacial score (nSPS) is 17.6. The van der Waals surface area contributed by atoms with Crippen LogP contribution in [0.25, 0.3) is 17.2 Å². The van der Waals surface area contributed by atoms with E-state index in [0.29, 0.717) is 29.2 Å². The first kappa shape index (κ1) is 21.5. The minimum atomic E-state index is -0.119. The predicted octanol–water partition coefficient (Wildman–Crippen LogP) is 6.36. The number of allylic oxidation sites excluding steroid dienone is 1. The molecule has 1 saturated heterocycles. The van der Waals surface area contributed by atoms with Gasteiger partial charge in [0.25, 0.3) is 0 Å². The van der Waals surface area contributed by atoms with Crippen LogP contribution in [-0.4, -0.2) is 28.9 Å². The number of aryl methyl sites for hydroxylation is 1. The van der Waals surface area contributed by atoms with Crippen molar-refractivity contribution < 1.29 is 14.6 Å². The topological polar surface area (TPSA) is 49.8 Å². The maximum absolute atomic E-state index is 13.2. The number of likely N-dealkylation sites (tertiary alicyclic amines) is 1. The zero-order chi connectivity index (χ0) is 22.8. The number of phenolic OH excluding ortho intramolecular Hbond substituents is 1. The van der Waals surface area contributed by atoms with Gasteiger partial charge in [-0.3, -0.25) is 9.69 Å². The Kier molecular flexibility index (Phi) is 6.01. The highest BCUT2D eigenvalue weighted by Crippen LogP contribution is 2.42. The number of carbonyl (C=O) groups excluding carboxylic acids is 1. The molecule has 0 amide bonds. The monoisotopic (exact) mass is 439 g/mol. The zero-order valence-corrected chi connectivity index (χ0v) is 19.0. The molecular formula is C29H29NO3. The van der Waals surface area contributed by atoms with E-state index in [-0.39, 0.29) is 11.5 Å². The fourth-order valence-corrected chi connectivity index (χ4v) is 4.80. The molecule has 2 heterocycles. The quantitative estimate of drug-likeness (QED) is 0.481. The highest BCUT2D eigenvalue weighted by atomic mass is 16.5. The third-order valence-electron chi connectivity index (χ3n) is 6.62. The van der Waals surface area contributed by atoms with E-state index in [1.807, 2.05) is 37.3 Å². The van der Waals surface area contributed by atoms with Gasteiger partial charge in [-0.15, -0.1) is 0 Å². The number of fused-ring (bicyclic) bond motifs is 1. The molecular weight excluding hydrogens is 410 g/mol. The van der Waals surface area contributed by atoms with E-state index >= 15 is 0 Å². The number of hydrogen-bond acceptors (Lipinski definition) is 4. The molecule has 33 heavy (non-hydrogen) atoms. The molecule has 4 heteroatoms. The lowest BCUT2D eigenvalue weighted by Crippen LogP contribution is -2.24. The molecule has 3 aromatic carbocycles. The van der Waals surface area contributed by atoms with Crippen molar-refractivity contribution in [2.24, 2.45) is 0 Å². The third kappa shape index (κ3) is 4.44. The van der Waals surface area contributed by atoms with Gasteiger partial charge in [-0.05, 0) is 67.3 Å². The molecule has 0 bridgehead atoms. The second kappa shape index (κ2) is 9.24. The first-order valence-corrected chi connectivity index (χ1v) is 11.8. The molecule has 1 fully saturated rings. The van der Waals surface area contributed by atoms with Gasteiger partial charge in [0.2, 0.25) is 5.78 Å². The van der Waals surface area contributed by atoms with Gasteiger partial charge in [-0.2, -0.15) is 0 Å². The summed E-state index contributed by atoms with van der Waals surface area (Å²) < 4.78 is 6.13. The first-order chi connectivity index (χ1) is 16.1. The van der Waals surface area contributed by atoms with E-state index in [1.54, 1.807) is 12.1 Å². The summed E-state index contributed by atoms with van der Waals surface area (Å²) >= 11 is 0. The lowest BCUT2D eigenvalue weighted by atomic mass is 9.98. The van der Waals surface area contributed by atoms with Crippen molar-refractivity contribution in [3.05, 3.63) is 88.7 Å². The summed E-state index contributed by atoms with van der Waals surface area (Å²) in [5.74, 6) is 0.917. The van der Waals surface area contributed by atoms with Gasteiger partial charge >= 0.3 is 0 Å². The standard InChI is InChI=1S/C29H29NO3/c1-20-17-25(31)24(19-30-15-7-2-3-8-16-30)29-27(20)28(32)26(33-29)18-21-11-13-23(14-12-21)22-9-5-4-6-10-22/h4-6,9-14,17-18,31H,2-3,7-8,15-16,19H2,1H3/b26-18-. The van der Waals surface area contributed by atoms with Gasteiger partial charge < -0.3 is 9.84 Å². The Morgan fingerprint density at radius 2 is 1.61 bits per heavy atom. The van der Waals surface area contributed by atoms with Crippen LogP contribution < -0.4 is 4.74 Å². The van der Waals surface area contributed by atoms with E-state index in [4.69, 9.17) is 4.74 Å². The van der Waals surface area contributed by atoms with Crippen LogP contribution in [0.2, 0.25) is 0 Å². The van der Waals surface area contributed by atoms with Gasteiger partial charge in [0, 0.05) is 6.54 Å². The number of ketones is 1. The van der Waals surface area contributed by atoms with Crippen LogP contribution in [-0.2, 0) is 6.54 Å². The molecule has 0 atom stereocenters. The van der Waals surface area contributed by atoms with Crippen molar-refractivity contribution in [2.45, 2.75) is 39.2 Å². The van der Waals surface area contributed by atoms with E-state index in [1.165, 1.54) is 25.7 Å². The van der Waals surface area contributed by atoms with E-state index in [9.17, 15) is 9.90 Å². The van der Waals surface area contributed by atoms with Crippen molar-refractivity contribution in [3.8, 4) is 22.6 Å². The largest absolute Gasteiger partial charge is 0.507 e. The molecule has 2 aliphatic rings. The van der Waals surface area contributed by atoms with Crippen molar-refractivity contribution in [1.29, 1.82) is 0 Å². The maximum Gasteiger partial charge on any atom is 0.232 e. The van der Waals surface area contributed by atoms with E-state index in [0.717, 1.165) is 35.3 Å². The summed E-state index contributed by atoms with van der Waals surface area (Å²) in [7, 11) is 0. The summed E-state index contributed by atoms with van der Waals surface area (Å²) in [4.78, 5) is 15.6. The van der Waals surface area contributed by atoms with Gasteiger partial charge in [0.15, 0.2) is 5.76 Å². The Morgan fingerprint density at radius 1 is 0.939 bits per heavy atom. The summed E-state index contributed by atoms with van der Waals surface area (Å²) in [6.07, 6.45) is 6.62. The summed E-state index contributed by atoms with van der Waals surface area (Å²) in [6.45, 7) is 4.47. The summed E-state index contributed by atoms with van der Waals surface area (Å²) in [5.41, 5.74) is 5.22. The van der Waals surface area contributed by atoms with Gasteiger partial charge in [-0.1, -0.05) is 67.4 Å². The molecule has 0 unspecified atom stereocenters. The van der Waals surface area contributed by atoms with Crippen LogP contribution in [0.3, 0.4) is 0 Å². The average molecular weight is 440 g/mol. The van der Waals surface area contributed by atoms with Gasteiger partial charge in [-0.25, -0.2) is 0 Å². The second-order valence-corrected chi connectivity index (χ2v) is 9.01. The Labute approximate surface area is 195 Å². The number of ether oxygens (including phenoxy) is 1. The van der Waals surface area contributed by atoms with Crippen LogP contribution in [0.1, 0.15) is 52.7 Å². The third-order valence-corrected chi connectivity index (χ3v) is 6.62. The van der Waals surface area contributed by atoms with Crippen LogP contribution in [0, 0.1) is 6.92 Å². The molecule has 0 saturated carbocycles. The number of Topliss-reactive ketones (excluding diaryl/α,β-unsaturated/α-hetero) is 1. The lowest BCUT2D eigenvalue weighted by Gasteiger charge is -2.22. The SMILES string of the molecule is Cc1cc(O)c(CN2CCCCCC2)c2c1C(=O)/C(=C/c1ccc(-c3ccccc3)cc1)O2. The highest BCUT2D eigenvalue weighted by Gasteiger charge is 2.33.